The molecule has 0 saturated heterocycles. The average molecular weight is 508 g/mol. The summed E-state index contributed by atoms with van der Waals surface area (Å²) >= 11 is 0. The zero-order chi connectivity index (χ0) is 26.0. The number of hydrogen-bond acceptors (Lipinski definition) is 4. The van der Waals surface area contributed by atoms with Gasteiger partial charge in [0.15, 0.2) is 0 Å². The number of sulfonamides is 1. The fraction of sp³-hybridized carbons (Fsp3) is 0.133. The molecule has 0 saturated carbocycles. The number of nitrogens with one attached hydrogen (secondary N) is 2. The van der Waals surface area contributed by atoms with E-state index in [-0.39, 0.29) is 16.8 Å². The number of rotatable bonds is 6. The van der Waals surface area contributed by atoms with E-state index in [2.05, 4.69) is 16.1 Å². The lowest BCUT2D eigenvalue weighted by Gasteiger charge is -2.14. The standard InChI is InChI=1S/C30H25N3O3S/c1-20-6-5-9-28(29(20)22-12-10-21(19-31)11-13-22)30(34)32-25-15-14-23-16-26(18-24(23)17-25)33-37(35,36)27-7-3-2-4-8-27/h2-15,17,26,33H,16,18H2,1H3,(H,32,34). The SMILES string of the molecule is Cc1cccc(C(=O)Nc2ccc3c(c2)CC(NS(=O)(=O)c2ccccc2)C3)c1-c1ccc(C#N)cc1. The highest BCUT2D eigenvalue weighted by Crippen LogP contribution is 2.30. The summed E-state index contributed by atoms with van der Waals surface area (Å²) in [6.07, 6.45) is 1.14. The fourth-order valence-electron chi connectivity index (χ4n) is 4.82. The first-order chi connectivity index (χ1) is 17.8. The van der Waals surface area contributed by atoms with Crippen molar-refractivity contribution in [1.82, 2.24) is 4.72 Å². The Morgan fingerprint density at radius 2 is 1.62 bits per heavy atom. The van der Waals surface area contributed by atoms with Gasteiger partial charge in [-0.05, 0) is 90.0 Å². The summed E-state index contributed by atoms with van der Waals surface area (Å²) in [5.41, 5.74) is 6.47. The van der Waals surface area contributed by atoms with Crippen LogP contribution in [0.1, 0.15) is 32.6 Å². The number of nitriles is 1. The molecule has 1 unspecified atom stereocenters. The maximum atomic E-state index is 13.3. The summed E-state index contributed by atoms with van der Waals surface area (Å²) in [4.78, 5) is 13.6. The van der Waals surface area contributed by atoms with Crippen LogP contribution in [0, 0.1) is 18.3 Å². The van der Waals surface area contributed by atoms with Crippen LogP contribution in [-0.4, -0.2) is 20.4 Å². The van der Waals surface area contributed by atoms with Crippen molar-refractivity contribution in [3.63, 3.8) is 0 Å². The van der Waals surface area contributed by atoms with Crippen LogP contribution in [0.15, 0.2) is 95.9 Å². The molecule has 37 heavy (non-hydrogen) atoms. The highest BCUT2D eigenvalue weighted by atomic mass is 32.2. The molecule has 1 aliphatic rings. The lowest BCUT2D eigenvalue weighted by Crippen LogP contribution is -2.35. The average Bonchev–Trinajstić information content (AvgIpc) is 3.30. The van der Waals surface area contributed by atoms with Gasteiger partial charge in [-0.15, -0.1) is 0 Å². The Morgan fingerprint density at radius 3 is 2.35 bits per heavy atom. The molecule has 0 radical (unpaired) electrons. The van der Waals surface area contributed by atoms with Gasteiger partial charge in [0.1, 0.15) is 0 Å². The Labute approximate surface area is 216 Å². The molecule has 1 amide bonds. The number of aryl methyl sites for hydroxylation is 1. The van der Waals surface area contributed by atoms with Gasteiger partial charge < -0.3 is 5.32 Å². The maximum Gasteiger partial charge on any atom is 0.256 e. The van der Waals surface area contributed by atoms with Crippen LogP contribution in [0.3, 0.4) is 0 Å². The van der Waals surface area contributed by atoms with E-state index < -0.39 is 10.0 Å². The number of benzene rings is 4. The Balaban J connectivity index is 1.33. The lowest BCUT2D eigenvalue weighted by molar-refractivity contribution is 0.102. The van der Waals surface area contributed by atoms with Crippen LogP contribution in [0.25, 0.3) is 11.1 Å². The van der Waals surface area contributed by atoms with Gasteiger partial charge in [-0.2, -0.15) is 5.26 Å². The molecule has 184 valence electrons. The van der Waals surface area contributed by atoms with E-state index in [1.807, 2.05) is 49.4 Å². The predicted octanol–water partition coefficient (Wildman–Crippen LogP) is 5.23. The largest absolute Gasteiger partial charge is 0.322 e. The number of carbonyl (C=O) groups excluding carboxylic acids is 1. The Morgan fingerprint density at radius 1 is 0.892 bits per heavy atom. The first-order valence-corrected chi connectivity index (χ1v) is 13.4. The molecule has 7 heteroatoms. The molecule has 0 aromatic heterocycles. The van der Waals surface area contributed by atoms with Gasteiger partial charge in [-0.25, -0.2) is 13.1 Å². The summed E-state index contributed by atoms with van der Waals surface area (Å²) in [6, 6.07) is 28.7. The highest BCUT2D eigenvalue weighted by Gasteiger charge is 2.27. The van der Waals surface area contributed by atoms with Crippen LogP contribution < -0.4 is 10.0 Å². The predicted molar refractivity (Wildman–Crippen MR) is 144 cm³/mol. The van der Waals surface area contributed by atoms with E-state index in [1.165, 1.54) is 0 Å². The van der Waals surface area contributed by atoms with Crippen molar-refractivity contribution >= 4 is 21.6 Å². The van der Waals surface area contributed by atoms with Crippen LogP contribution in [0.5, 0.6) is 0 Å². The van der Waals surface area contributed by atoms with Crippen molar-refractivity contribution in [3.05, 3.63) is 119 Å². The van der Waals surface area contributed by atoms with Crippen LogP contribution in [0.2, 0.25) is 0 Å². The summed E-state index contributed by atoms with van der Waals surface area (Å²) in [5.74, 6) is -0.234. The molecule has 1 aliphatic carbocycles. The third-order valence-electron chi connectivity index (χ3n) is 6.59. The molecular weight excluding hydrogens is 482 g/mol. The highest BCUT2D eigenvalue weighted by molar-refractivity contribution is 7.89. The summed E-state index contributed by atoms with van der Waals surface area (Å²) < 4.78 is 28.3. The van der Waals surface area contributed by atoms with E-state index in [0.29, 0.717) is 29.7 Å². The van der Waals surface area contributed by atoms with Crippen molar-refractivity contribution in [2.24, 2.45) is 0 Å². The number of nitrogens with zero attached hydrogens (tertiary/aromatic N) is 1. The molecule has 0 spiro atoms. The maximum absolute atomic E-state index is 13.3. The molecular formula is C30H25N3O3S. The van der Waals surface area contributed by atoms with Crippen molar-refractivity contribution in [3.8, 4) is 17.2 Å². The van der Waals surface area contributed by atoms with Gasteiger partial charge >= 0.3 is 0 Å². The van der Waals surface area contributed by atoms with Crippen molar-refractivity contribution in [2.45, 2.75) is 30.7 Å². The molecule has 0 aliphatic heterocycles. The number of fused-ring (bicyclic) bond motifs is 1. The lowest BCUT2D eigenvalue weighted by atomic mass is 9.94. The zero-order valence-electron chi connectivity index (χ0n) is 20.2. The third kappa shape index (κ3) is 5.17. The molecule has 0 bridgehead atoms. The second kappa shape index (κ2) is 10.0. The smallest absolute Gasteiger partial charge is 0.256 e. The van der Waals surface area contributed by atoms with Gasteiger partial charge in [0.2, 0.25) is 10.0 Å². The Hall–Kier alpha value is -4.25. The van der Waals surface area contributed by atoms with Crippen molar-refractivity contribution < 1.29 is 13.2 Å². The quantitative estimate of drug-likeness (QED) is 0.373. The monoisotopic (exact) mass is 507 g/mol. The summed E-state index contributed by atoms with van der Waals surface area (Å²) in [6.45, 7) is 1.95. The molecule has 4 aromatic rings. The molecule has 5 rings (SSSR count). The summed E-state index contributed by atoms with van der Waals surface area (Å²) in [7, 11) is -3.60. The summed E-state index contributed by atoms with van der Waals surface area (Å²) in [5, 5.41) is 12.1. The number of carbonyl (C=O) groups is 1. The van der Waals surface area contributed by atoms with Crippen LogP contribution >= 0.6 is 0 Å². The molecule has 4 aromatic carbocycles. The fourth-order valence-corrected chi connectivity index (χ4v) is 6.07. The van der Waals surface area contributed by atoms with E-state index in [0.717, 1.165) is 27.8 Å². The van der Waals surface area contributed by atoms with Gasteiger partial charge in [0.25, 0.3) is 5.91 Å². The topological polar surface area (TPSA) is 99.1 Å². The Bertz CT molecular complexity index is 1620. The van der Waals surface area contributed by atoms with Gasteiger partial charge in [0.05, 0.1) is 16.5 Å². The molecule has 1 atom stereocenters. The molecule has 6 nitrogen and oxygen atoms in total. The van der Waals surface area contributed by atoms with Gasteiger partial charge in [-0.3, -0.25) is 4.79 Å². The first kappa shape index (κ1) is 24.4. The van der Waals surface area contributed by atoms with Crippen molar-refractivity contribution in [2.75, 3.05) is 5.32 Å². The molecule has 0 heterocycles. The second-order valence-corrected chi connectivity index (χ2v) is 10.9. The number of amides is 1. The zero-order valence-corrected chi connectivity index (χ0v) is 21.0. The van der Waals surface area contributed by atoms with E-state index in [1.54, 1.807) is 48.5 Å². The normalized spacial score (nSPS) is 14.5. The van der Waals surface area contributed by atoms with Crippen LogP contribution in [0.4, 0.5) is 5.69 Å². The van der Waals surface area contributed by atoms with Crippen LogP contribution in [-0.2, 0) is 22.9 Å². The minimum absolute atomic E-state index is 0.234. The molecule has 2 N–H and O–H groups in total. The second-order valence-electron chi connectivity index (χ2n) is 9.16. The minimum atomic E-state index is -3.60. The minimum Gasteiger partial charge on any atom is -0.322 e. The first-order valence-electron chi connectivity index (χ1n) is 11.9. The van der Waals surface area contributed by atoms with Gasteiger partial charge in [-0.1, -0.05) is 48.5 Å². The Kier molecular flexibility index (Phi) is 6.62. The number of hydrogen-bond donors (Lipinski definition) is 2. The van der Waals surface area contributed by atoms with Gasteiger partial charge in [0, 0.05) is 17.3 Å². The molecule has 0 fully saturated rings. The van der Waals surface area contributed by atoms with E-state index in [4.69, 9.17) is 5.26 Å². The van der Waals surface area contributed by atoms with E-state index >= 15 is 0 Å². The third-order valence-corrected chi connectivity index (χ3v) is 8.13. The van der Waals surface area contributed by atoms with Crippen molar-refractivity contribution in [1.29, 1.82) is 5.26 Å². The van der Waals surface area contributed by atoms with E-state index in [9.17, 15) is 13.2 Å². The number of anilines is 1.